The molecular formula is C81H132O17P2. The summed E-state index contributed by atoms with van der Waals surface area (Å²) in [5.74, 6) is -2.43. The maximum atomic E-state index is 13.1. The number of aliphatic hydroxyl groups is 1. The van der Waals surface area contributed by atoms with Crippen molar-refractivity contribution in [1.82, 2.24) is 0 Å². The fraction of sp³-hybridized carbons (Fsp3) is 0.630. The quantitative estimate of drug-likeness (QED) is 0.0169. The van der Waals surface area contributed by atoms with Gasteiger partial charge in [-0.2, -0.15) is 0 Å². The lowest BCUT2D eigenvalue weighted by atomic mass is 10.1. The summed E-state index contributed by atoms with van der Waals surface area (Å²) in [5.41, 5.74) is 0. The van der Waals surface area contributed by atoms with E-state index in [0.29, 0.717) is 32.1 Å². The van der Waals surface area contributed by atoms with Crippen molar-refractivity contribution >= 4 is 39.5 Å². The molecule has 0 aliphatic carbocycles. The Morgan fingerprint density at radius 1 is 0.300 bits per heavy atom. The molecule has 0 saturated heterocycles. The zero-order valence-electron chi connectivity index (χ0n) is 61.8. The van der Waals surface area contributed by atoms with Crippen LogP contribution in [0.1, 0.15) is 272 Å². The summed E-state index contributed by atoms with van der Waals surface area (Å²) in [6, 6.07) is 0. The van der Waals surface area contributed by atoms with Crippen molar-refractivity contribution in [2.75, 3.05) is 39.6 Å². The number of phosphoric acid groups is 2. The van der Waals surface area contributed by atoms with E-state index >= 15 is 0 Å². The molecule has 568 valence electrons. The van der Waals surface area contributed by atoms with Crippen LogP contribution in [0.25, 0.3) is 0 Å². The minimum atomic E-state index is -5.02. The molecule has 0 aliphatic heterocycles. The molecule has 0 fully saturated rings. The number of rotatable bonds is 69. The first-order valence-electron chi connectivity index (χ1n) is 37.7. The number of hydrogen-bond acceptors (Lipinski definition) is 15. The molecule has 0 amide bonds. The Morgan fingerprint density at radius 2 is 0.570 bits per heavy atom. The van der Waals surface area contributed by atoms with Gasteiger partial charge < -0.3 is 33.8 Å². The van der Waals surface area contributed by atoms with E-state index in [2.05, 4.69) is 149 Å². The highest BCUT2D eigenvalue weighted by Gasteiger charge is 2.30. The summed E-state index contributed by atoms with van der Waals surface area (Å²) in [5, 5.41) is 10.6. The highest BCUT2D eigenvalue weighted by atomic mass is 31.2. The molecule has 0 aromatic carbocycles. The van der Waals surface area contributed by atoms with Crippen LogP contribution in [0.4, 0.5) is 0 Å². The van der Waals surface area contributed by atoms with Crippen molar-refractivity contribution in [3.05, 3.63) is 158 Å². The number of allylic oxidation sites excluding steroid dienone is 25. The highest BCUT2D eigenvalue weighted by Crippen LogP contribution is 2.45. The molecular weight excluding hydrogens is 1310 g/mol. The molecule has 0 aromatic rings. The summed E-state index contributed by atoms with van der Waals surface area (Å²) in [7, 11) is -10.0. The largest absolute Gasteiger partial charge is 0.472 e. The van der Waals surface area contributed by atoms with E-state index in [-0.39, 0.29) is 25.7 Å². The lowest BCUT2D eigenvalue weighted by Crippen LogP contribution is -2.30. The molecule has 5 unspecified atom stereocenters. The summed E-state index contributed by atoms with van der Waals surface area (Å²) in [6.07, 6.45) is 82.8. The third kappa shape index (κ3) is 71.1. The van der Waals surface area contributed by atoms with E-state index in [4.69, 9.17) is 37.0 Å². The Hall–Kier alpha value is -5.32. The summed E-state index contributed by atoms with van der Waals surface area (Å²) in [4.78, 5) is 72.7. The molecule has 17 nitrogen and oxygen atoms in total. The standard InChI is InChI=1S/C81H132O17P2/c1-5-9-13-17-21-25-29-33-36-37-40-43-46-50-54-58-62-66-79(84)92-72-77(98-81(86)68-64-60-56-52-48-44-39-35-31-27-23-19-15-11-7-3)74-96-100(89,90)94-70-75(82)69-93-99(87,88)95-73-76(97-80(85)67-63-59-55-51-47-41-32-28-24-20-16-12-8-4)71-91-78(83)65-61-57-53-49-45-42-38-34-30-26-22-18-14-10-6-2/h9,11,13,15,21-23,25-28,32-36,38-40,43,48,50,52,54,60,64,75-77,82H,5-8,10,12,14,16-20,24,29-31,37,41-42,44-47,49,51,53,55-59,61-63,65-74H2,1-4H3,(H,87,88)(H,89,90)/b13-9-,15-11-,25-21-,26-22-,27-23-,32-28-,36-33-,38-34-,39-35-,43-40-,52-48-,54-50-,64-60-. The van der Waals surface area contributed by atoms with E-state index in [0.717, 1.165) is 141 Å². The number of aliphatic hydroxyl groups excluding tert-OH is 1. The fourth-order valence-electron chi connectivity index (χ4n) is 9.30. The number of unbranched alkanes of at least 4 members (excludes halogenated alkanes) is 18. The Bertz CT molecular complexity index is 2520. The van der Waals surface area contributed by atoms with Gasteiger partial charge in [0.2, 0.25) is 0 Å². The molecule has 100 heavy (non-hydrogen) atoms. The van der Waals surface area contributed by atoms with Gasteiger partial charge in [0, 0.05) is 19.3 Å². The Labute approximate surface area is 604 Å². The van der Waals surface area contributed by atoms with Gasteiger partial charge in [-0.05, 0) is 148 Å². The van der Waals surface area contributed by atoms with Crippen LogP contribution in [0, 0.1) is 0 Å². The average Bonchev–Trinajstić information content (AvgIpc) is 1.06. The smallest absolute Gasteiger partial charge is 0.462 e. The molecule has 3 N–H and O–H groups in total. The molecule has 0 aliphatic rings. The lowest BCUT2D eigenvalue weighted by Gasteiger charge is -2.21. The highest BCUT2D eigenvalue weighted by molar-refractivity contribution is 7.47. The van der Waals surface area contributed by atoms with Gasteiger partial charge >= 0.3 is 39.5 Å². The van der Waals surface area contributed by atoms with E-state index in [1.54, 1.807) is 12.2 Å². The lowest BCUT2D eigenvalue weighted by molar-refractivity contribution is -0.161. The number of carbonyl (C=O) groups excluding carboxylic acids is 4. The van der Waals surface area contributed by atoms with Gasteiger partial charge in [0.05, 0.1) is 32.8 Å². The molecule has 5 atom stereocenters. The van der Waals surface area contributed by atoms with Gasteiger partial charge in [-0.15, -0.1) is 0 Å². The number of ether oxygens (including phenoxy) is 4. The maximum absolute atomic E-state index is 13.1. The number of carbonyl (C=O) groups is 4. The normalized spacial score (nSPS) is 14.8. The Morgan fingerprint density at radius 3 is 0.960 bits per heavy atom. The minimum Gasteiger partial charge on any atom is -0.462 e. The Balaban J connectivity index is 5.50. The predicted octanol–water partition coefficient (Wildman–Crippen LogP) is 21.7. The molecule has 0 radical (unpaired) electrons. The SMILES string of the molecule is CC/C=C\C/C=C\C/C=C\C/C=C\C/C=C\CCCC(=O)OCC(COP(=O)(O)OCC(O)COP(=O)(O)OCC(COC(=O)CCCCCCC/C=C\C/C=C\CCCCC)OC(=O)CCCCCCC/C=C\CCCCCC)OC(=O)C/C=C\C/C=C\C/C=C\C/C=C\C/C=C\CC. The van der Waals surface area contributed by atoms with Crippen molar-refractivity contribution in [3.63, 3.8) is 0 Å². The molecule has 0 bridgehead atoms. The predicted molar refractivity (Wildman–Crippen MR) is 408 cm³/mol. The van der Waals surface area contributed by atoms with Gasteiger partial charge in [-0.25, -0.2) is 9.13 Å². The number of hydrogen-bond donors (Lipinski definition) is 3. The van der Waals surface area contributed by atoms with Crippen LogP contribution < -0.4 is 0 Å². The van der Waals surface area contributed by atoms with Gasteiger partial charge in [-0.3, -0.25) is 37.3 Å². The molecule has 0 rings (SSSR count). The van der Waals surface area contributed by atoms with E-state index < -0.39 is 97.5 Å². The van der Waals surface area contributed by atoms with Crippen molar-refractivity contribution in [2.45, 2.75) is 290 Å². The van der Waals surface area contributed by atoms with Crippen LogP contribution in [0.3, 0.4) is 0 Å². The van der Waals surface area contributed by atoms with Gasteiger partial charge in [0.1, 0.15) is 19.3 Å². The zero-order valence-corrected chi connectivity index (χ0v) is 63.6. The van der Waals surface area contributed by atoms with Crippen LogP contribution >= 0.6 is 15.6 Å². The summed E-state index contributed by atoms with van der Waals surface area (Å²) >= 11 is 0. The van der Waals surface area contributed by atoms with E-state index in [9.17, 15) is 43.2 Å². The molecule has 0 aromatic heterocycles. The second-order valence-electron chi connectivity index (χ2n) is 24.5. The second kappa shape index (κ2) is 72.0. The number of phosphoric ester groups is 2. The van der Waals surface area contributed by atoms with Crippen molar-refractivity contribution in [2.24, 2.45) is 0 Å². The average molecular weight is 1440 g/mol. The molecule has 0 spiro atoms. The first-order chi connectivity index (χ1) is 48.7. The van der Waals surface area contributed by atoms with Crippen LogP contribution in [0.5, 0.6) is 0 Å². The topological polar surface area (TPSA) is 237 Å². The van der Waals surface area contributed by atoms with Crippen molar-refractivity contribution < 1.29 is 80.2 Å². The van der Waals surface area contributed by atoms with Crippen LogP contribution in [0.15, 0.2) is 158 Å². The molecule has 0 saturated carbocycles. The Kier molecular flexibility index (Phi) is 68.2. The third-order valence-electron chi connectivity index (χ3n) is 15.0. The fourth-order valence-corrected chi connectivity index (χ4v) is 10.9. The first kappa shape index (κ1) is 94.7. The molecule has 19 heteroatoms. The maximum Gasteiger partial charge on any atom is 0.472 e. The second-order valence-corrected chi connectivity index (χ2v) is 27.4. The van der Waals surface area contributed by atoms with Crippen molar-refractivity contribution in [1.29, 1.82) is 0 Å². The third-order valence-corrected chi connectivity index (χ3v) is 16.9. The monoisotopic (exact) mass is 1440 g/mol. The summed E-state index contributed by atoms with van der Waals surface area (Å²) < 4.78 is 68.2. The number of esters is 4. The van der Waals surface area contributed by atoms with Crippen LogP contribution in [0.2, 0.25) is 0 Å². The summed E-state index contributed by atoms with van der Waals surface area (Å²) in [6.45, 7) is 4.37. The van der Waals surface area contributed by atoms with E-state index in [1.807, 2.05) is 24.3 Å². The van der Waals surface area contributed by atoms with Crippen molar-refractivity contribution in [3.8, 4) is 0 Å². The zero-order chi connectivity index (χ0) is 73.2. The van der Waals surface area contributed by atoms with Gasteiger partial charge in [-0.1, -0.05) is 256 Å². The van der Waals surface area contributed by atoms with Gasteiger partial charge in [0.25, 0.3) is 0 Å². The van der Waals surface area contributed by atoms with E-state index in [1.165, 1.54) is 44.9 Å². The minimum absolute atomic E-state index is 0.0578. The molecule has 0 heterocycles. The van der Waals surface area contributed by atoms with Crippen LogP contribution in [-0.2, 0) is 65.4 Å². The first-order valence-corrected chi connectivity index (χ1v) is 40.7. The van der Waals surface area contributed by atoms with Crippen LogP contribution in [-0.4, -0.2) is 96.7 Å². The van der Waals surface area contributed by atoms with Gasteiger partial charge in [0.15, 0.2) is 12.2 Å².